The van der Waals surface area contributed by atoms with Gasteiger partial charge in [-0.1, -0.05) is 12.1 Å². The number of hydrogen-bond donors (Lipinski definition) is 1. The van der Waals surface area contributed by atoms with Crippen molar-refractivity contribution in [2.24, 2.45) is 0 Å². The molecule has 0 saturated carbocycles. The SMILES string of the molecule is CC(=O)c1ccc(OCC(=O)OCC(=O)NC[C@H]2COc3ccccc3O2)cc1. The number of benzene rings is 2. The van der Waals surface area contributed by atoms with E-state index < -0.39 is 18.5 Å². The van der Waals surface area contributed by atoms with E-state index in [0.717, 1.165) is 0 Å². The fraction of sp³-hybridized carbons (Fsp3) is 0.286. The van der Waals surface area contributed by atoms with Gasteiger partial charge in [-0.25, -0.2) is 4.79 Å². The van der Waals surface area contributed by atoms with Crippen molar-refractivity contribution in [2.45, 2.75) is 13.0 Å². The molecule has 8 nitrogen and oxygen atoms in total. The van der Waals surface area contributed by atoms with Gasteiger partial charge in [0.05, 0.1) is 6.54 Å². The van der Waals surface area contributed by atoms with Crippen LogP contribution in [-0.4, -0.2) is 50.1 Å². The van der Waals surface area contributed by atoms with Crippen LogP contribution in [0.25, 0.3) is 0 Å². The first-order chi connectivity index (χ1) is 14.0. The van der Waals surface area contributed by atoms with Crippen molar-refractivity contribution in [2.75, 3.05) is 26.4 Å². The van der Waals surface area contributed by atoms with Crippen molar-refractivity contribution in [3.63, 3.8) is 0 Å². The van der Waals surface area contributed by atoms with E-state index in [2.05, 4.69) is 5.32 Å². The van der Waals surface area contributed by atoms with E-state index in [0.29, 0.717) is 29.4 Å². The second-order valence-electron chi connectivity index (χ2n) is 6.33. The first kappa shape index (κ1) is 20.2. The molecule has 0 radical (unpaired) electrons. The zero-order valence-corrected chi connectivity index (χ0v) is 15.9. The first-order valence-corrected chi connectivity index (χ1v) is 9.06. The summed E-state index contributed by atoms with van der Waals surface area (Å²) in [6, 6.07) is 13.7. The van der Waals surface area contributed by atoms with Gasteiger partial charge in [-0.15, -0.1) is 0 Å². The van der Waals surface area contributed by atoms with Gasteiger partial charge >= 0.3 is 5.97 Å². The summed E-state index contributed by atoms with van der Waals surface area (Å²) in [5.41, 5.74) is 0.549. The fourth-order valence-electron chi connectivity index (χ4n) is 2.56. The molecule has 0 bridgehead atoms. The largest absolute Gasteiger partial charge is 0.486 e. The smallest absolute Gasteiger partial charge is 0.344 e. The number of amides is 1. The Bertz CT molecular complexity index is 879. The standard InChI is InChI=1S/C21H21NO7/c1-14(23)15-6-8-16(9-7-15)26-13-21(25)28-12-20(24)22-10-17-11-27-18-4-2-3-5-19(18)29-17/h2-9,17H,10-13H2,1H3,(H,22,24)/t17-/m0/s1. The van der Waals surface area contributed by atoms with E-state index >= 15 is 0 Å². The van der Waals surface area contributed by atoms with Gasteiger partial charge in [0.1, 0.15) is 18.5 Å². The van der Waals surface area contributed by atoms with Crippen molar-refractivity contribution >= 4 is 17.7 Å². The Kier molecular flexibility index (Phi) is 6.67. The molecule has 1 heterocycles. The van der Waals surface area contributed by atoms with E-state index in [1.54, 1.807) is 30.3 Å². The van der Waals surface area contributed by atoms with E-state index in [1.807, 2.05) is 18.2 Å². The van der Waals surface area contributed by atoms with Crippen molar-refractivity contribution < 1.29 is 33.3 Å². The number of ketones is 1. The monoisotopic (exact) mass is 399 g/mol. The average Bonchev–Trinajstić information content (AvgIpc) is 2.75. The number of esters is 1. The summed E-state index contributed by atoms with van der Waals surface area (Å²) in [5.74, 6) is 0.522. The Labute approximate surface area is 167 Å². The topological polar surface area (TPSA) is 100 Å². The molecule has 1 aliphatic heterocycles. The molecule has 8 heteroatoms. The number of hydrogen-bond acceptors (Lipinski definition) is 7. The third-order valence-electron chi connectivity index (χ3n) is 4.08. The van der Waals surface area contributed by atoms with Crippen LogP contribution in [0.1, 0.15) is 17.3 Å². The molecule has 1 aliphatic rings. The van der Waals surface area contributed by atoms with Crippen molar-refractivity contribution in [3.8, 4) is 17.2 Å². The van der Waals surface area contributed by atoms with Crippen LogP contribution < -0.4 is 19.5 Å². The number of Topliss-reactive ketones (excluding diaryl/α,β-unsaturated/α-hetero) is 1. The van der Waals surface area contributed by atoms with Gasteiger partial charge < -0.3 is 24.3 Å². The van der Waals surface area contributed by atoms with Crippen molar-refractivity contribution in [1.29, 1.82) is 0 Å². The molecular weight excluding hydrogens is 378 g/mol. The van der Waals surface area contributed by atoms with Crippen LogP contribution in [0.4, 0.5) is 0 Å². The molecule has 152 valence electrons. The normalized spacial score (nSPS) is 14.6. The van der Waals surface area contributed by atoms with Crippen LogP contribution >= 0.6 is 0 Å². The molecule has 2 aromatic carbocycles. The van der Waals surface area contributed by atoms with E-state index in [9.17, 15) is 14.4 Å². The molecule has 1 atom stereocenters. The molecule has 0 unspecified atom stereocenters. The number of rotatable bonds is 8. The van der Waals surface area contributed by atoms with E-state index in [4.69, 9.17) is 18.9 Å². The molecule has 29 heavy (non-hydrogen) atoms. The predicted molar refractivity (Wildman–Crippen MR) is 102 cm³/mol. The Morgan fingerprint density at radius 1 is 1.03 bits per heavy atom. The van der Waals surface area contributed by atoms with E-state index in [1.165, 1.54) is 6.92 Å². The number of para-hydroxylation sites is 2. The Hall–Kier alpha value is -3.55. The summed E-state index contributed by atoms with van der Waals surface area (Å²) in [5, 5.41) is 2.64. The Balaban J connectivity index is 1.33. The Morgan fingerprint density at radius 3 is 2.48 bits per heavy atom. The summed E-state index contributed by atoms with van der Waals surface area (Å²) in [6.45, 7) is 1.24. The Morgan fingerprint density at radius 2 is 1.76 bits per heavy atom. The van der Waals surface area contributed by atoms with Crippen LogP contribution in [0.5, 0.6) is 17.2 Å². The second-order valence-corrected chi connectivity index (χ2v) is 6.33. The minimum absolute atomic E-state index is 0.0589. The molecule has 0 spiro atoms. The van der Waals surface area contributed by atoms with Crippen LogP contribution in [0.15, 0.2) is 48.5 Å². The lowest BCUT2D eigenvalue weighted by molar-refractivity contribution is -0.150. The highest BCUT2D eigenvalue weighted by molar-refractivity contribution is 5.94. The third kappa shape index (κ3) is 5.97. The molecule has 3 rings (SSSR count). The second kappa shape index (κ2) is 9.59. The maximum atomic E-state index is 11.9. The van der Waals surface area contributed by atoms with Crippen LogP contribution in [-0.2, 0) is 14.3 Å². The first-order valence-electron chi connectivity index (χ1n) is 9.06. The van der Waals surface area contributed by atoms with Gasteiger partial charge in [-0.05, 0) is 43.3 Å². The summed E-state index contributed by atoms with van der Waals surface area (Å²) < 4.78 is 21.4. The summed E-state index contributed by atoms with van der Waals surface area (Å²) in [7, 11) is 0. The summed E-state index contributed by atoms with van der Waals surface area (Å²) >= 11 is 0. The van der Waals surface area contributed by atoms with Crippen LogP contribution in [0, 0.1) is 0 Å². The summed E-state index contributed by atoms with van der Waals surface area (Å²) in [6.07, 6.45) is -0.328. The highest BCUT2D eigenvalue weighted by Gasteiger charge is 2.21. The third-order valence-corrected chi connectivity index (χ3v) is 4.08. The number of fused-ring (bicyclic) bond motifs is 1. The lowest BCUT2D eigenvalue weighted by Gasteiger charge is -2.26. The van der Waals surface area contributed by atoms with Gasteiger partial charge in [0, 0.05) is 5.56 Å². The molecule has 1 amide bonds. The maximum absolute atomic E-state index is 11.9. The minimum atomic E-state index is -0.679. The summed E-state index contributed by atoms with van der Waals surface area (Å²) in [4.78, 5) is 34.8. The van der Waals surface area contributed by atoms with Gasteiger partial charge in [0.2, 0.25) is 0 Å². The molecule has 0 aliphatic carbocycles. The molecule has 0 fully saturated rings. The zero-order chi connectivity index (χ0) is 20.6. The average molecular weight is 399 g/mol. The molecule has 2 aromatic rings. The molecule has 0 aromatic heterocycles. The van der Waals surface area contributed by atoms with Crippen molar-refractivity contribution in [3.05, 3.63) is 54.1 Å². The van der Waals surface area contributed by atoms with Gasteiger partial charge in [0.25, 0.3) is 5.91 Å². The van der Waals surface area contributed by atoms with E-state index in [-0.39, 0.29) is 25.0 Å². The highest BCUT2D eigenvalue weighted by Crippen LogP contribution is 2.30. The van der Waals surface area contributed by atoms with Crippen molar-refractivity contribution in [1.82, 2.24) is 5.32 Å². The zero-order valence-electron chi connectivity index (χ0n) is 15.9. The number of carbonyl (C=O) groups excluding carboxylic acids is 3. The number of nitrogens with one attached hydrogen (secondary N) is 1. The molecule has 1 N–H and O–H groups in total. The number of carbonyl (C=O) groups is 3. The van der Waals surface area contributed by atoms with Gasteiger partial charge in [0.15, 0.2) is 30.5 Å². The van der Waals surface area contributed by atoms with Gasteiger partial charge in [-0.2, -0.15) is 0 Å². The fourth-order valence-corrected chi connectivity index (χ4v) is 2.56. The molecular formula is C21H21NO7. The predicted octanol–water partition coefficient (Wildman–Crippen LogP) is 1.77. The lowest BCUT2D eigenvalue weighted by Crippen LogP contribution is -2.42. The molecule has 0 saturated heterocycles. The van der Waals surface area contributed by atoms with Crippen LogP contribution in [0.2, 0.25) is 0 Å². The maximum Gasteiger partial charge on any atom is 0.344 e. The quantitative estimate of drug-likeness (QED) is 0.533. The van der Waals surface area contributed by atoms with Crippen LogP contribution in [0.3, 0.4) is 0 Å². The van der Waals surface area contributed by atoms with Gasteiger partial charge in [-0.3, -0.25) is 9.59 Å². The lowest BCUT2D eigenvalue weighted by atomic mass is 10.1. The highest BCUT2D eigenvalue weighted by atomic mass is 16.6. The number of ether oxygens (including phenoxy) is 4. The minimum Gasteiger partial charge on any atom is -0.486 e.